The molecule has 0 spiro atoms. The highest BCUT2D eigenvalue weighted by atomic mass is 35.5. The van der Waals surface area contributed by atoms with E-state index in [2.05, 4.69) is 0 Å². The van der Waals surface area contributed by atoms with Gasteiger partial charge in [-0.2, -0.15) is 0 Å². The Balaban J connectivity index is 2.31. The van der Waals surface area contributed by atoms with Crippen LogP contribution in [0.3, 0.4) is 0 Å². The Morgan fingerprint density at radius 2 is 1.87 bits per heavy atom. The SMILES string of the molecule is CC[C@@H](CCC(N)=O)c1c(C)n(C(=O)c2ccc(Cl)c(F)c2)c2cc(F)c(O)c(F)c12. The number of rotatable bonds is 6. The zero-order chi connectivity index (χ0) is 23.0. The van der Waals surface area contributed by atoms with Crippen molar-refractivity contribution < 1.29 is 27.9 Å². The van der Waals surface area contributed by atoms with Gasteiger partial charge < -0.3 is 10.8 Å². The fraction of sp³-hybridized carbons (Fsp3) is 0.273. The van der Waals surface area contributed by atoms with E-state index in [0.717, 1.165) is 16.7 Å². The third-order valence-corrected chi connectivity index (χ3v) is 5.73. The molecule has 3 N–H and O–H groups in total. The second kappa shape index (κ2) is 8.63. The van der Waals surface area contributed by atoms with Gasteiger partial charge in [-0.1, -0.05) is 18.5 Å². The molecule has 0 saturated heterocycles. The molecule has 0 aliphatic carbocycles. The quantitative estimate of drug-likeness (QED) is 0.540. The molecule has 1 heterocycles. The van der Waals surface area contributed by atoms with E-state index < -0.39 is 40.9 Å². The second-order valence-electron chi connectivity index (χ2n) is 7.29. The first-order valence-corrected chi connectivity index (χ1v) is 9.96. The maximum atomic E-state index is 15.0. The molecule has 0 saturated carbocycles. The number of nitrogens with two attached hydrogens (primary N) is 1. The summed E-state index contributed by atoms with van der Waals surface area (Å²) in [5.41, 5.74) is 5.70. The number of benzene rings is 2. The Bertz CT molecular complexity index is 1210. The van der Waals surface area contributed by atoms with Crippen molar-refractivity contribution in [3.63, 3.8) is 0 Å². The van der Waals surface area contributed by atoms with Crippen molar-refractivity contribution in [1.82, 2.24) is 4.57 Å². The molecule has 1 atom stereocenters. The number of carbonyl (C=O) groups is 2. The minimum Gasteiger partial charge on any atom is -0.503 e. The first-order valence-electron chi connectivity index (χ1n) is 9.58. The maximum Gasteiger partial charge on any atom is 0.262 e. The molecule has 1 aromatic heterocycles. The van der Waals surface area contributed by atoms with Crippen molar-refractivity contribution in [2.75, 3.05) is 0 Å². The number of hydrogen-bond acceptors (Lipinski definition) is 3. The van der Waals surface area contributed by atoms with Gasteiger partial charge in [-0.3, -0.25) is 14.2 Å². The van der Waals surface area contributed by atoms with Crippen LogP contribution < -0.4 is 5.73 Å². The first kappa shape index (κ1) is 22.7. The number of primary amides is 1. The van der Waals surface area contributed by atoms with Gasteiger partial charge in [0.15, 0.2) is 17.4 Å². The third kappa shape index (κ3) is 3.99. The van der Waals surface area contributed by atoms with Crippen LogP contribution in [0.4, 0.5) is 13.2 Å². The number of phenolic OH excluding ortho intramolecular Hbond substituents is 1. The van der Waals surface area contributed by atoms with Crippen molar-refractivity contribution in [2.24, 2.45) is 5.73 Å². The van der Waals surface area contributed by atoms with Gasteiger partial charge in [0.25, 0.3) is 5.91 Å². The molecule has 2 aromatic carbocycles. The van der Waals surface area contributed by atoms with Gasteiger partial charge in [0.1, 0.15) is 5.82 Å². The third-order valence-electron chi connectivity index (χ3n) is 5.42. The van der Waals surface area contributed by atoms with E-state index in [1.807, 2.05) is 6.92 Å². The van der Waals surface area contributed by atoms with E-state index >= 15 is 4.39 Å². The van der Waals surface area contributed by atoms with Crippen LogP contribution >= 0.6 is 11.6 Å². The van der Waals surface area contributed by atoms with Gasteiger partial charge in [-0.05, 0) is 49.4 Å². The summed E-state index contributed by atoms with van der Waals surface area (Å²) in [6, 6.07) is 4.30. The van der Waals surface area contributed by atoms with Crippen LogP contribution in [0.15, 0.2) is 24.3 Å². The molecule has 3 rings (SSSR count). The highest BCUT2D eigenvalue weighted by Crippen LogP contribution is 2.41. The number of amides is 1. The van der Waals surface area contributed by atoms with E-state index in [0.29, 0.717) is 12.0 Å². The van der Waals surface area contributed by atoms with Crippen LogP contribution in [-0.4, -0.2) is 21.5 Å². The van der Waals surface area contributed by atoms with Crippen molar-refractivity contribution >= 4 is 34.3 Å². The van der Waals surface area contributed by atoms with E-state index in [1.54, 1.807) is 6.92 Å². The Labute approximate surface area is 181 Å². The van der Waals surface area contributed by atoms with Crippen molar-refractivity contribution in [2.45, 2.75) is 39.0 Å². The summed E-state index contributed by atoms with van der Waals surface area (Å²) in [7, 11) is 0. The number of halogens is 4. The van der Waals surface area contributed by atoms with Crippen LogP contribution in [0.25, 0.3) is 10.9 Å². The molecule has 3 aromatic rings. The maximum absolute atomic E-state index is 15.0. The predicted octanol–water partition coefficient (Wildman–Crippen LogP) is 5.17. The van der Waals surface area contributed by atoms with Gasteiger partial charge in [0.2, 0.25) is 5.91 Å². The lowest BCUT2D eigenvalue weighted by Gasteiger charge is -2.16. The number of hydrogen-bond donors (Lipinski definition) is 2. The average Bonchev–Trinajstić information content (AvgIpc) is 3.00. The number of phenols is 1. The number of fused-ring (bicyclic) bond motifs is 1. The zero-order valence-corrected chi connectivity index (χ0v) is 17.6. The zero-order valence-electron chi connectivity index (χ0n) is 16.8. The molecular weight excluding hydrogens is 433 g/mol. The van der Waals surface area contributed by atoms with Crippen LogP contribution in [0.2, 0.25) is 5.02 Å². The van der Waals surface area contributed by atoms with E-state index in [1.165, 1.54) is 12.1 Å². The Hall–Kier alpha value is -3.00. The van der Waals surface area contributed by atoms with Crippen molar-refractivity contribution in [3.8, 4) is 5.75 Å². The molecule has 5 nitrogen and oxygen atoms in total. The predicted molar refractivity (Wildman–Crippen MR) is 111 cm³/mol. The Morgan fingerprint density at radius 1 is 1.19 bits per heavy atom. The van der Waals surface area contributed by atoms with E-state index in [-0.39, 0.29) is 40.0 Å². The molecule has 9 heteroatoms. The normalized spacial score (nSPS) is 12.3. The summed E-state index contributed by atoms with van der Waals surface area (Å²) >= 11 is 5.68. The summed E-state index contributed by atoms with van der Waals surface area (Å²) in [5, 5.41) is 9.54. The van der Waals surface area contributed by atoms with Crippen LogP contribution in [0, 0.1) is 24.4 Å². The minimum atomic E-state index is -1.24. The summed E-state index contributed by atoms with van der Waals surface area (Å²) < 4.78 is 44.2. The lowest BCUT2D eigenvalue weighted by molar-refractivity contribution is -0.118. The molecule has 0 fully saturated rings. The van der Waals surface area contributed by atoms with Gasteiger partial charge in [0.05, 0.1) is 10.5 Å². The summed E-state index contributed by atoms with van der Waals surface area (Å²) in [4.78, 5) is 24.5. The summed E-state index contributed by atoms with van der Waals surface area (Å²) in [5.74, 6) is -6.09. The molecule has 0 aliphatic rings. The standard InChI is InChI=1S/C22H20ClF3N2O3/c1-3-11(5-7-17(27)29)18-10(2)28(16-9-15(25)21(30)20(26)19(16)18)22(31)12-4-6-13(23)14(24)8-12/h4,6,8-9,11,30H,3,5,7H2,1-2H3,(H2,27,29)/t11-/m0/s1. The van der Waals surface area contributed by atoms with Gasteiger partial charge in [-0.25, -0.2) is 13.2 Å². The number of aromatic nitrogens is 1. The largest absolute Gasteiger partial charge is 0.503 e. The molecule has 0 unspecified atom stereocenters. The molecule has 0 aliphatic heterocycles. The summed E-state index contributed by atoms with van der Waals surface area (Å²) in [6.07, 6.45) is 0.761. The highest BCUT2D eigenvalue weighted by molar-refractivity contribution is 6.30. The van der Waals surface area contributed by atoms with Gasteiger partial charge >= 0.3 is 0 Å². The lowest BCUT2D eigenvalue weighted by Crippen LogP contribution is -2.15. The number of nitrogens with zero attached hydrogens (tertiary/aromatic N) is 1. The average molecular weight is 453 g/mol. The monoisotopic (exact) mass is 452 g/mol. The highest BCUT2D eigenvalue weighted by Gasteiger charge is 2.29. The molecular formula is C22H20ClF3N2O3. The van der Waals surface area contributed by atoms with Gasteiger partial charge in [-0.15, -0.1) is 0 Å². The topological polar surface area (TPSA) is 85.3 Å². The smallest absolute Gasteiger partial charge is 0.262 e. The van der Waals surface area contributed by atoms with Crippen LogP contribution in [0.5, 0.6) is 5.75 Å². The Morgan fingerprint density at radius 3 is 2.45 bits per heavy atom. The van der Waals surface area contributed by atoms with E-state index in [4.69, 9.17) is 17.3 Å². The Kier molecular flexibility index (Phi) is 6.31. The lowest BCUT2D eigenvalue weighted by atomic mass is 9.89. The molecule has 1 amide bonds. The van der Waals surface area contributed by atoms with Crippen LogP contribution in [0.1, 0.15) is 53.7 Å². The molecule has 164 valence electrons. The molecule has 0 radical (unpaired) electrons. The first-order chi connectivity index (χ1) is 14.6. The van der Waals surface area contributed by atoms with E-state index in [9.17, 15) is 23.5 Å². The fourth-order valence-corrected chi connectivity index (χ4v) is 4.02. The van der Waals surface area contributed by atoms with Crippen molar-refractivity contribution in [3.05, 3.63) is 63.6 Å². The molecule has 0 bridgehead atoms. The fourth-order valence-electron chi connectivity index (χ4n) is 3.90. The number of carbonyl (C=O) groups excluding carboxylic acids is 2. The van der Waals surface area contributed by atoms with Crippen molar-refractivity contribution in [1.29, 1.82) is 0 Å². The summed E-state index contributed by atoms with van der Waals surface area (Å²) in [6.45, 7) is 3.35. The minimum absolute atomic E-state index is 0.0236. The second-order valence-corrected chi connectivity index (χ2v) is 7.70. The van der Waals surface area contributed by atoms with Gasteiger partial charge in [0, 0.05) is 29.1 Å². The number of aromatic hydroxyl groups is 1. The van der Waals surface area contributed by atoms with Crippen LogP contribution in [-0.2, 0) is 4.79 Å². The molecule has 31 heavy (non-hydrogen) atoms.